The molecule has 1 fully saturated rings. The molecule has 1 heterocycles. The van der Waals surface area contributed by atoms with E-state index < -0.39 is 14.4 Å². The fraction of sp³-hybridized carbons (Fsp3) is 1.00. The van der Waals surface area contributed by atoms with Crippen LogP contribution in [-0.4, -0.2) is 26.6 Å². The zero-order chi connectivity index (χ0) is 6.85. The summed E-state index contributed by atoms with van der Waals surface area (Å²) in [5, 5.41) is 0. The second-order valence-electron chi connectivity index (χ2n) is 2.28. The molecule has 3 atom stereocenters. The Hall–Kier alpha value is 0.768. The topological polar surface area (TPSA) is 18.5 Å². The van der Waals surface area contributed by atoms with Gasteiger partial charge in [0.05, 0.1) is 0 Å². The Morgan fingerprint density at radius 3 is 2.11 bits per heavy atom. The van der Waals surface area contributed by atoms with Crippen LogP contribution in [0.2, 0.25) is 0 Å². The molecule has 0 saturated carbocycles. The van der Waals surface area contributed by atoms with Gasteiger partial charge >= 0.3 is 64.3 Å². The molecular formula is C5H10AsClO2. The summed E-state index contributed by atoms with van der Waals surface area (Å²) in [5.74, 6) is 0. The summed E-state index contributed by atoms with van der Waals surface area (Å²) in [4.78, 5) is 0. The maximum atomic E-state index is 5.71. The summed E-state index contributed by atoms with van der Waals surface area (Å²) in [5.41, 5.74) is 0. The molecule has 1 aliphatic rings. The van der Waals surface area contributed by atoms with Gasteiger partial charge in [0.25, 0.3) is 0 Å². The SMILES string of the molecule is C[C@@H]1C[C@H](C)O[As](Cl)O1. The van der Waals surface area contributed by atoms with E-state index in [0.29, 0.717) is 12.2 Å². The van der Waals surface area contributed by atoms with Crippen LogP contribution in [0.3, 0.4) is 0 Å². The molecule has 9 heavy (non-hydrogen) atoms. The molecule has 1 aliphatic heterocycles. The van der Waals surface area contributed by atoms with Crippen molar-refractivity contribution in [1.29, 1.82) is 0 Å². The van der Waals surface area contributed by atoms with Gasteiger partial charge in [-0.3, -0.25) is 0 Å². The summed E-state index contributed by atoms with van der Waals surface area (Å²) in [6.07, 6.45) is 1.57. The molecule has 0 amide bonds. The average Bonchev–Trinajstić information content (AvgIpc) is 1.59. The van der Waals surface area contributed by atoms with Crippen LogP contribution in [0.15, 0.2) is 0 Å². The summed E-state index contributed by atoms with van der Waals surface area (Å²) in [6, 6.07) is 0. The Bertz CT molecular complexity index is 75.9. The van der Waals surface area contributed by atoms with Crippen LogP contribution in [0, 0.1) is 0 Å². The van der Waals surface area contributed by atoms with E-state index in [-0.39, 0.29) is 0 Å². The van der Waals surface area contributed by atoms with E-state index in [2.05, 4.69) is 0 Å². The van der Waals surface area contributed by atoms with Crippen molar-refractivity contribution in [3.05, 3.63) is 0 Å². The van der Waals surface area contributed by atoms with Crippen LogP contribution in [0.25, 0.3) is 0 Å². The summed E-state index contributed by atoms with van der Waals surface area (Å²) >= 11 is -1.80. The predicted octanol–water partition coefficient (Wildman–Crippen LogP) is 1.42. The number of halogens is 1. The second-order valence-corrected chi connectivity index (χ2v) is 5.49. The Labute approximate surface area is 64.6 Å². The van der Waals surface area contributed by atoms with Crippen LogP contribution in [0.4, 0.5) is 0 Å². The van der Waals surface area contributed by atoms with Gasteiger partial charge in [0.15, 0.2) is 0 Å². The van der Waals surface area contributed by atoms with Gasteiger partial charge in [-0.25, -0.2) is 0 Å². The first kappa shape index (κ1) is 7.87. The number of rotatable bonds is 0. The third-order valence-corrected chi connectivity index (χ3v) is 4.22. The average molecular weight is 213 g/mol. The fourth-order valence-corrected chi connectivity index (χ4v) is 3.93. The van der Waals surface area contributed by atoms with Crippen molar-refractivity contribution in [1.82, 2.24) is 0 Å². The van der Waals surface area contributed by atoms with Gasteiger partial charge in [-0.05, 0) is 0 Å². The number of hydrogen-bond acceptors (Lipinski definition) is 2. The molecule has 4 heteroatoms. The van der Waals surface area contributed by atoms with Gasteiger partial charge in [0.1, 0.15) is 0 Å². The van der Waals surface area contributed by atoms with E-state index >= 15 is 0 Å². The van der Waals surface area contributed by atoms with Gasteiger partial charge in [0, 0.05) is 0 Å². The Balaban J connectivity index is 2.34. The molecular weight excluding hydrogens is 202 g/mol. The van der Waals surface area contributed by atoms with E-state index in [1.165, 1.54) is 0 Å². The first-order chi connectivity index (χ1) is 4.18. The normalized spacial score (nSPS) is 45.0. The zero-order valence-corrected chi connectivity index (χ0v) is 8.14. The van der Waals surface area contributed by atoms with E-state index in [4.69, 9.17) is 17.4 Å². The summed E-state index contributed by atoms with van der Waals surface area (Å²) < 4.78 is 10.5. The van der Waals surface area contributed by atoms with Crippen LogP contribution in [0.5, 0.6) is 0 Å². The van der Waals surface area contributed by atoms with E-state index in [0.717, 1.165) is 6.42 Å². The molecule has 0 bridgehead atoms. The summed E-state index contributed by atoms with van der Waals surface area (Å²) in [6.45, 7) is 4.06. The Kier molecular flexibility index (Phi) is 2.84. The fourth-order valence-electron chi connectivity index (χ4n) is 0.861. The molecule has 1 saturated heterocycles. The van der Waals surface area contributed by atoms with Crippen molar-refractivity contribution in [3.8, 4) is 0 Å². The molecule has 54 valence electrons. The molecule has 1 rings (SSSR count). The van der Waals surface area contributed by atoms with Crippen molar-refractivity contribution >= 4 is 24.3 Å². The maximum absolute atomic E-state index is 5.71. The predicted molar refractivity (Wildman–Crippen MR) is 37.3 cm³/mol. The monoisotopic (exact) mass is 212 g/mol. The molecule has 0 aromatic rings. The summed E-state index contributed by atoms with van der Waals surface area (Å²) in [7, 11) is 5.71. The van der Waals surface area contributed by atoms with Crippen molar-refractivity contribution < 1.29 is 7.45 Å². The van der Waals surface area contributed by atoms with Crippen molar-refractivity contribution in [2.24, 2.45) is 0 Å². The van der Waals surface area contributed by atoms with Gasteiger partial charge < -0.3 is 0 Å². The standard InChI is InChI=1S/C5H10AsClO2/c1-4-3-5(2)9-6(7)8-4/h4-5H,3H2,1-2H3/t4-,5+,6?. The van der Waals surface area contributed by atoms with E-state index in [1.54, 1.807) is 0 Å². The van der Waals surface area contributed by atoms with E-state index in [1.807, 2.05) is 13.8 Å². The molecule has 1 unspecified atom stereocenters. The van der Waals surface area contributed by atoms with Crippen LogP contribution < -0.4 is 0 Å². The van der Waals surface area contributed by atoms with Gasteiger partial charge in [0.2, 0.25) is 0 Å². The quantitative estimate of drug-likeness (QED) is 0.566. The molecule has 0 spiro atoms. The molecule has 2 nitrogen and oxygen atoms in total. The van der Waals surface area contributed by atoms with Crippen molar-refractivity contribution in [3.63, 3.8) is 0 Å². The first-order valence-electron chi connectivity index (χ1n) is 2.98. The molecule has 0 radical (unpaired) electrons. The van der Waals surface area contributed by atoms with Crippen molar-refractivity contribution in [2.75, 3.05) is 0 Å². The third-order valence-electron chi connectivity index (χ3n) is 1.19. The molecule has 0 aliphatic carbocycles. The molecule has 0 N–H and O–H groups in total. The van der Waals surface area contributed by atoms with Crippen LogP contribution >= 0.6 is 9.95 Å². The van der Waals surface area contributed by atoms with Gasteiger partial charge in [-0.1, -0.05) is 0 Å². The van der Waals surface area contributed by atoms with E-state index in [9.17, 15) is 0 Å². The second kappa shape index (κ2) is 3.25. The first-order valence-corrected chi connectivity index (χ1v) is 6.97. The van der Waals surface area contributed by atoms with Crippen LogP contribution in [0.1, 0.15) is 20.3 Å². The molecule has 0 aromatic heterocycles. The number of hydrogen-bond donors (Lipinski definition) is 0. The van der Waals surface area contributed by atoms with Gasteiger partial charge in [-0.15, -0.1) is 0 Å². The van der Waals surface area contributed by atoms with Gasteiger partial charge in [-0.2, -0.15) is 0 Å². The Morgan fingerprint density at radius 1 is 1.33 bits per heavy atom. The molecule has 0 aromatic carbocycles. The van der Waals surface area contributed by atoms with Crippen LogP contribution in [-0.2, 0) is 7.45 Å². The Morgan fingerprint density at radius 2 is 1.78 bits per heavy atom. The zero-order valence-electron chi connectivity index (χ0n) is 5.50. The van der Waals surface area contributed by atoms with Crippen molar-refractivity contribution in [2.45, 2.75) is 32.5 Å². The third kappa shape index (κ3) is 2.46. The minimum absolute atomic E-state index is 0.297. The minimum atomic E-state index is -1.80.